The van der Waals surface area contributed by atoms with Crippen molar-refractivity contribution in [3.8, 4) is 24.0 Å². The van der Waals surface area contributed by atoms with Crippen LogP contribution in [0.4, 0.5) is 5.82 Å². The summed E-state index contributed by atoms with van der Waals surface area (Å²) in [6.07, 6.45) is 7.95. The van der Waals surface area contributed by atoms with E-state index in [0.717, 1.165) is 13.0 Å². The number of hydrogen-bond acceptors (Lipinski definition) is 7. The molecule has 0 radical (unpaired) electrons. The lowest BCUT2D eigenvalue weighted by Gasteiger charge is -2.36. The summed E-state index contributed by atoms with van der Waals surface area (Å²) >= 11 is 0. The van der Waals surface area contributed by atoms with Crippen molar-refractivity contribution in [3.63, 3.8) is 0 Å². The summed E-state index contributed by atoms with van der Waals surface area (Å²) in [5, 5.41) is -0.350. The normalized spacial score (nSPS) is 17.0. The van der Waals surface area contributed by atoms with Crippen molar-refractivity contribution in [2.45, 2.75) is 37.8 Å². The number of amides is 1. The number of carbonyl (C=O) groups is 1. The average Bonchev–Trinajstić information content (AvgIpc) is 3.11. The van der Waals surface area contributed by atoms with Gasteiger partial charge in [0.2, 0.25) is 5.88 Å². The van der Waals surface area contributed by atoms with Gasteiger partial charge in [0.1, 0.15) is 11.6 Å². The summed E-state index contributed by atoms with van der Waals surface area (Å²) in [6.45, 7) is 7.05. The second kappa shape index (κ2) is 9.39. The Labute approximate surface area is 205 Å². The van der Waals surface area contributed by atoms with Crippen molar-refractivity contribution in [2.24, 2.45) is 5.92 Å². The zero-order valence-electron chi connectivity index (χ0n) is 19.7. The Balaban J connectivity index is 1.57. The first-order valence-electron chi connectivity index (χ1n) is 11.1. The fourth-order valence-electron chi connectivity index (χ4n) is 4.00. The molecule has 1 fully saturated rings. The topological polar surface area (TPSA) is 101 Å². The van der Waals surface area contributed by atoms with Crippen LogP contribution in [0.15, 0.2) is 65.8 Å². The summed E-state index contributed by atoms with van der Waals surface area (Å²) in [6, 6.07) is 14.2. The third-order valence-electron chi connectivity index (χ3n) is 6.40. The van der Waals surface area contributed by atoms with Crippen LogP contribution in [0.1, 0.15) is 43.1 Å². The number of benzene rings is 1. The number of pyridine rings is 2. The van der Waals surface area contributed by atoms with E-state index in [2.05, 4.69) is 46.3 Å². The number of anilines is 1. The van der Waals surface area contributed by atoms with Gasteiger partial charge in [-0.1, -0.05) is 25.0 Å². The van der Waals surface area contributed by atoms with Crippen LogP contribution in [0.2, 0.25) is 0 Å². The molecule has 1 aliphatic rings. The summed E-state index contributed by atoms with van der Waals surface area (Å²) in [5.41, 5.74) is 0.560. The molecule has 0 aliphatic carbocycles. The molecule has 1 N–H and O–H groups in total. The largest absolute Gasteiger partial charge is 0.439 e. The van der Waals surface area contributed by atoms with Crippen molar-refractivity contribution in [1.82, 2.24) is 14.7 Å². The fraction of sp³-hybridized carbons (Fsp3) is 0.269. The van der Waals surface area contributed by atoms with Gasteiger partial charge in [-0.05, 0) is 62.6 Å². The molecule has 3 aromatic rings. The van der Waals surface area contributed by atoms with Gasteiger partial charge in [0.15, 0.2) is 5.03 Å². The number of sulfonamides is 1. The standard InChI is InChI=1S/C26H26N4O4S/c1-5-19-9-6-10-20(17-19)34-22-12-7-13-23(28-22)35(32,33)29-25(31)21-11-8-15-27-24(21)30-16-14-18(2)26(30,3)4/h1,6-13,15,17-18H,14,16H2,2-4H3,(H,29,31). The van der Waals surface area contributed by atoms with Crippen LogP contribution in [-0.4, -0.2) is 36.4 Å². The predicted molar refractivity (Wildman–Crippen MR) is 133 cm³/mol. The van der Waals surface area contributed by atoms with E-state index in [4.69, 9.17) is 11.2 Å². The minimum atomic E-state index is -4.28. The molecule has 3 heterocycles. The second-order valence-corrected chi connectivity index (χ2v) is 10.5. The molecule has 0 saturated carbocycles. The zero-order valence-corrected chi connectivity index (χ0v) is 20.5. The molecular formula is C26H26N4O4S. The van der Waals surface area contributed by atoms with E-state index >= 15 is 0 Å². The van der Waals surface area contributed by atoms with Crippen LogP contribution in [0.3, 0.4) is 0 Å². The van der Waals surface area contributed by atoms with E-state index in [1.807, 2.05) is 0 Å². The SMILES string of the molecule is C#Cc1cccc(Oc2cccc(S(=O)(=O)NC(=O)c3cccnc3N3CCC(C)C3(C)C)n2)c1. The van der Waals surface area contributed by atoms with Gasteiger partial charge in [-0.3, -0.25) is 4.79 Å². The highest BCUT2D eigenvalue weighted by Crippen LogP contribution is 2.38. The summed E-state index contributed by atoms with van der Waals surface area (Å²) in [4.78, 5) is 23.6. The average molecular weight is 491 g/mol. The summed E-state index contributed by atoms with van der Waals surface area (Å²) < 4.78 is 33.8. The maximum absolute atomic E-state index is 13.1. The number of nitrogens with one attached hydrogen (secondary N) is 1. The maximum Gasteiger partial charge on any atom is 0.281 e. The molecule has 1 saturated heterocycles. The minimum Gasteiger partial charge on any atom is -0.439 e. The Morgan fingerprint density at radius 3 is 2.69 bits per heavy atom. The van der Waals surface area contributed by atoms with E-state index in [0.29, 0.717) is 23.0 Å². The van der Waals surface area contributed by atoms with Gasteiger partial charge in [-0.2, -0.15) is 13.4 Å². The number of terminal acetylenes is 1. The number of carbonyl (C=O) groups excluding carboxylic acids is 1. The molecule has 1 aliphatic heterocycles. The second-order valence-electron chi connectivity index (χ2n) is 8.89. The Hall–Kier alpha value is -3.90. The first kappa shape index (κ1) is 24.2. The third-order valence-corrected chi connectivity index (χ3v) is 7.63. The molecule has 9 heteroatoms. The van der Waals surface area contributed by atoms with E-state index < -0.39 is 15.9 Å². The van der Waals surface area contributed by atoms with E-state index in [9.17, 15) is 13.2 Å². The molecule has 4 rings (SSSR count). The molecule has 1 amide bonds. The van der Waals surface area contributed by atoms with Gasteiger partial charge in [-0.25, -0.2) is 9.71 Å². The van der Waals surface area contributed by atoms with Crippen LogP contribution >= 0.6 is 0 Å². The smallest absolute Gasteiger partial charge is 0.281 e. The molecular weight excluding hydrogens is 464 g/mol. The van der Waals surface area contributed by atoms with Crippen LogP contribution < -0.4 is 14.4 Å². The predicted octanol–water partition coefficient (Wildman–Crippen LogP) is 3.99. The molecule has 180 valence electrons. The quantitative estimate of drug-likeness (QED) is 0.521. The molecule has 35 heavy (non-hydrogen) atoms. The molecule has 1 atom stereocenters. The highest BCUT2D eigenvalue weighted by Gasteiger charge is 2.40. The first-order chi connectivity index (χ1) is 16.6. The van der Waals surface area contributed by atoms with E-state index in [1.165, 1.54) is 18.2 Å². The van der Waals surface area contributed by atoms with Crippen molar-refractivity contribution >= 4 is 21.7 Å². The fourth-order valence-corrected chi connectivity index (χ4v) is 4.93. The van der Waals surface area contributed by atoms with Gasteiger partial charge in [0.25, 0.3) is 15.9 Å². The van der Waals surface area contributed by atoms with Crippen molar-refractivity contribution < 1.29 is 17.9 Å². The number of hydrogen-bond donors (Lipinski definition) is 1. The third kappa shape index (κ3) is 4.98. The van der Waals surface area contributed by atoms with Crippen LogP contribution in [0, 0.1) is 18.3 Å². The summed E-state index contributed by atoms with van der Waals surface area (Å²) in [7, 11) is -4.28. The number of rotatable bonds is 6. The zero-order chi connectivity index (χ0) is 25.2. The monoisotopic (exact) mass is 490 g/mol. The minimum absolute atomic E-state index is 0.0457. The Bertz CT molecular complexity index is 1410. The van der Waals surface area contributed by atoms with Crippen LogP contribution in [0.25, 0.3) is 0 Å². The number of nitrogens with zero attached hydrogens (tertiary/aromatic N) is 3. The maximum atomic E-state index is 13.1. The highest BCUT2D eigenvalue weighted by atomic mass is 32.2. The molecule has 0 bridgehead atoms. The van der Waals surface area contributed by atoms with Gasteiger partial charge < -0.3 is 9.64 Å². The number of ether oxygens (including phenoxy) is 1. The van der Waals surface area contributed by atoms with Crippen LogP contribution in [0.5, 0.6) is 11.6 Å². The van der Waals surface area contributed by atoms with E-state index in [-0.39, 0.29) is 22.0 Å². The van der Waals surface area contributed by atoms with Crippen LogP contribution in [-0.2, 0) is 10.0 Å². The lowest BCUT2D eigenvalue weighted by atomic mass is 9.90. The van der Waals surface area contributed by atoms with Crippen molar-refractivity contribution in [3.05, 3.63) is 71.9 Å². The Morgan fingerprint density at radius 1 is 1.20 bits per heavy atom. The Kier molecular flexibility index (Phi) is 6.50. The van der Waals surface area contributed by atoms with Gasteiger partial charge in [0, 0.05) is 29.9 Å². The lowest BCUT2D eigenvalue weighted by molar-refractivity contribution is 0.0981. The molecule has 1 unspecified atom stereocenters. The van der Waals surface area contributed by atoms with E-state index in [1.54, 1.807) is 42.6 Å². The Morgan fingerprint density at radius 2 is 1.97 bits per heavy atom. The molecule has 0 spiro atoms. The highest BCUT2D eigenvalue weighted by molar-refractivity contribution is 7.90. The van der Waals surface area contributed by atoms with Crippen molar-refractivity contribution in [2.75, 3.05) is 11.4 Å². The number of aromatic nitrogens is 2. The van der Waals surface area contributed by atoms with Gasteiger partial charge in [0.05, 0.1) is 5.56 Å². The lowest BCUT2D eigenvalue weighted by Crippen LogP contribution is -2.43. The molecule has 1 aromatic carbocycles. The van der Waals surface area contributed by atoms with Gasteiger partial charge in [-0.15, -0.1) is 6.42 Å². The van der Waals surface area contributed by atoms with Gasteiger partial charge >= 0.3 is 0 Å². The summed E-state index contributed by atoms with van der Waals surface area (Å²) in [5.74, 6) is 3.02. The molecule has 8 nitrogen and oxygen atoms in total. The molecule has 2 aromatic heterocycles. The van der Waals surface area contributed by atoms with Crippen molar-refractivity contribution in [1.29, 1.82) is 0 Å². The first-order valence-corrected chi connectivity index (χ1v) is 12.6.